The van der Waals surface area contributed by atoms with Gasteiger partial charge in [-0.25, -0.2) is 4.79 Å². The van der Waals surface area contributed by atoms with Crippen LogP contribution in [0.25, 0.3) is 0 Å². The summed E-state index contributed by atoms with van der Waals surface area (Å²) in [7, 11) is 0. The summed E-state index contributed by atoms with van der Waals surface area (Å²) in [6.45, 7) is 0.129. The van der Waals surface area contributed by atoms with Crippen LogP contribution < -0.4 is 0 Å². The molecule has 4 nitrogen and oxygen atoms in total. The monoisotopic (exact) mass is 155 g/mol. The molecule has 0 radical (unpaired) electrons. The number of terminal acetylenes is 1. The molecule has 1 saturated heterocycles. The van der Waals surface area contributed by atoms with Gasteiger partial charge in [0.15, 0.2) is 0 Å². The first kappa shape index (κ1) is 7.89. The molecule has 1 aliphatic rings. The quantitative estimate of drug-likeness (QED) is 0.473. The van der Waals surface area contributed by atoms with Gasteiger partial charge in [0.25, 0.3) is 0 Å². The Kier molecular flexibility index (Phi) is 2.01. The number of β-amino-alcohol motifs (C(OH)–C–C–N with tert-alkyl or cyclic N) is 1. The lowest BCUT2D eigenvalue weighted by molar-refractivity contribution is 0.136. The molecule has 2 N–H and O–H groups in total. The number of aliphatic hydroxyl groups is 1. The third-order valence-corrected chi connectivity index (χ3v) is 1.72. The van der Waals surface area contributed by atoms with E-state index in [2.05, 4.69) is 5.92 Å². The molecule has 2 atom stereocenters. The molecule has 0 aromatic heterocycles. The normalized spacial score (nSPS) is 30.0. The SMILES string of the molecule is C#CC1CC(O)CN1C(=O)O. The lowest BCUT2D eigenvalue weighted by Crippen LogP contribution is -2.33. The molecule has 4 heteroatoms. The number of nitrogens with zero attached hydrogens (tertiary/aromatic N) is 1. The van der Waals surface area contributed by atoms with Crippen LogP contribution in [0.5, 0.6) is 0 Å². The fourth-order valence-corrected chi connectivity index (χ4v) is 1.18. The molecule has 1 amide bonds. The molecule has 60 valence electrons. The van der Waals surface area contributed by atoms with Crippen molar-refractivity contribution in [3.8, 4) is 12.3 Å². The summed E-state index contributed by atoms with van der Waals surface area (Å²) < 4.78 is 0. The zero-order chi connectivity index (χ0) is 8.43. The molecule has 0 saturated carbocycles. The molecule has 1 rings (SSSR count). The number of hydrogen-bond acceptors (Lipinski definition) is 2. The van der Waals surface area contributed by atoms with Gasteiger partial charge < -0.3 is 10.2 Å². The van der Waals surface area contributed by atoms with E-state index in [0.29, 0.717) is 6.42 Å². The van der Waals surface area contributed by atoms with E-state index >= 15 is 0 Å². The summed E-state index contributed by atoms with van der Waals surface area (Å²) in [5.74, 6) is 2.31. The van der Waals surface area contributed by atoms with Crippen molar-refractivity contribution in [3.05, 3.63) is 0 Å². The molecular formula is C7H9NO3. The van der Waals surface area contributed by atoms with Gasteiger partial charge in [-0.2, -0.15) is 0 Å². The highest BCUT2D eigenvalue weighted by atomic mass is 16.4. The smallest absolute Gasteiger partial charge is 0.408 e. The van der Waals surface area contributed by atoms with Crippen LogP contribution >= 0.6 is 0 Å². The zero-order valence-electron chi connectivity index (χ0n) is 5.90. The third kappa shape index (κ3) is 1.44. The van der Waals surface area contributed by atoms with Crippen LogP contribution in [-0.2, 0) is 0 Å². The lowest BCUT2D eigenvalue weighted by atomic mass is 10.2. The maximum atomic E-state index is 10.4. The van der Waals surface area contributed by atoms with Crippen LogP contribution in [0.1, 0.15) is 6.42 Å². The van der Waals surface area contributed by atoms with Crippen LogP contribution in [0, 0.1) is 12.3 Å². The van der Waals surface area contributed by atoms with Crippen molar-refractivity contribution in [2.45, 2.75) is 18.6 Å². The molecule has 1 aliphatic heterocycles. The summed E-state index contributed by atoms with van der Waals surface area (Å²) in [5, 5.41) is 17.6. The fraction of sp³-hybridized carbons (Fsp3) is 0.571. The summed E-state index contributed by atoms with van der Waals surface area (Å²) >= 11 is 0. The lowest BCUT2D eigenvalue weighted by Gasteiger charge is -2.14. The second kappa shape index (κ2) is 2.81. The maximum absolute atomic E-state index is 10.4. The average molecular weight is 155 g/mol. The van der Waals surface area contributed by atoms with Crippen molar-refractivity contribution in [2.75, 3.05) is 6.54 Å². The molecule has 2 unspecified atom stereocenters. The van der Waals surface area contributed by atoms with Gasteiger partial charge >= 0.3 is 6.09 Å². The minimum atomic E-state index is -1.07. The van der Waals surface area contributed by atoms with Gasteiger partial charge in [0.05, 0.1) is 18.7 Å². The molecule has 0 aromatic rings. The number of rotatable bonds is 0. The third-order valence-electron chi connectivity index (χ3n) is 1.72. The highest BCUT2D eigenvalue weighted by Gasteiger charge is 2.32. The predicted molar refractivity (Wildman–Crippen MR) is 38.0 cm³/mol. The highest BCUT2D eigenvalue weighted by molar-refractivity contribution is 5.66. The van der Waals surface area contributed by atoms with Crippen molar-refractivity contribution in [1.82, 2.24) is 4.90 Å². The Labute approximate surface area is 64.4 Å². The van der Waals surface area contributed by atoms with Crippen molar-refractivity contribution < 1.29 is 15.0 Å². The van der Waals surface area contributed by atoms with Gasteiger partial charge in [-0.05, 0) is 0 Å². The van der Waals surface area contributed by atoms with Crippen LogP contribution in [0.2, 0.25) is 0 Å². The van der Waals surface area contributed by atoms with E-state index in [4.69, 9.17) is 16.6 Å². The Bertz CT molecular complexity index is 208. The van der Waals surface area contributed by atoms with Crippen LogP contribution in [0.15, 0.2) is 0 Å². The number of aliphatic hydroxyl groups excluding tert-OH is 1. The Balaban J connectivity index is 2.67. The first-order valence-electron chi connectivity index (χ1n) is 3.29. The van der Waals surface area contributed by atoms with Gasteiger partial charge in [-0.1, -0.05) is 5.92 Å². The molecule has 1 heterocycles. The number of carboxylic acid groups (broad SMARTS) is 1. The number of likely N-dealkylation sites (tertiary alicyclic amines) is 1. The van der Waals surface area contributed by atoms with E-state index in [0.717, 1.165) is 4.90 Å². The topological polar surface area (TPSA) is 60.8 Å². The van der Waals surface area contributed by atoms with Gasteiger partial charge in [-0.15, -0.1) is 6.42 Å². The highest BCUT2D eigenvalue weighted by Crippen LogP contribution is 2.16. The van der Waals surface area contributed by atoms with Crippen LogP contribution in [-0.4, -0.2) is 39.9 Å². The largest absolute Gasteiger partial charge is 0.465 e. The molecule has 0 aromatic carbocycles. The first-order chi connectivity index (χ1) is 5.15. The Morgan fingerprint density at radius 1 is 1.73 bits per heavy atom. The van der Waals surface area contributed by atoms with Crippen molar-refractivity contribution >= 4 is 6.09 Å². The summed E-state index contributed by atoms with van der Waals surface area (Å²) in [4.78, 5) is 11.5. The predicted octanol–water partition coefficient (Wildman–Crippen LogP) is -0.267. The molecule has 11 heavy (non-hydrogen) atoms. The summed E-state index contributed by atoms with van der Waals surface area (Å²) in [5.41, 5.74) is 0. The molecule has 0 aliphatic carbocycles. The fourth-order valence-electron chi connectivity index (χ4n) is 1.18. The zero-order valence-corrected chi connectivity index (χ0v) is 5.90. The van der Waals surface area contributed by atoms with Gasteiger partial charge in [0.2, 0.25) is 0 Å². The number of hydrogen-bond donors (Lipinski definition) is 2. The van der Waals surface area contributed by atoms with Crippen molar-refractivity contribution in [3.63, 3.8) is 0 Å². The van der Waals surface area contributed by atoms with Gasteiger partial charge in [0, 0.05) is 6.42 Å². The van der Waals surface area contributed by atoms with Crippen molar-refractivity contribution in [1.29, 1.82) is 0 Å². The first-order valence-corrected chi connectivity index (χ1v) is 3.29. The van der Waals surface area contributed by atoms with E-state index in [9.17, 15) is 4.79 Å². The summed E-state index contributed by atoms with van der Waals surface area (Å²) in [6.07, 6.45) is 3.74. The summed E-state index contributed by atoms with van der Waals surface area (Å²) in [6, 6.07) is -0.456. The Hall–Kier alpha value is -1.21. The minimum absolute atomic E-state index is 0.129. The van der Waals surface area contributed by atoms with E-state index in [1.165, 1.54) is 0 Å². The molecular weight excluding hydrogens is 146 g/mol. The van der Waals surface area contributed by atoms with E-state index in [1.807, 2.05) is 0 Å². The van der Waals surface area contributed by atoms with Gasteiger partial charge in [0.1, 0.15) is 0 Å². The maximum Gasteiger partial charge on any atom is 0.408 e. The Morgan fingerprint density at radius 2 is 2.36 bits per heavy atom. The van der Waals surface area contributed by atoms with Crippen LogP contribution in [0.3, 0.4) is 0 Å². The van der Waals surface area contributed by atoms with Crippen LogP contribution in [0.4, 0.5) is 4.79 Å². The Morgan fingerprint density at radius 3 is 2.73 bits per heavy atom. The number of carbonyl (C=O) groups is 1. The van der Waals surface area contributed by atoms with E-state index in [1.54, 1.807) is 0 Å². The minimum Gasteiger partial charge on any atom is -0.465 e. The number of amides is 1. The average Bonchev–Trinajstić information content (AvgIpc) is 2.30. The van der Waals surface area contributed by atoms with Crippen molar-refractivity contribution in [2.24, 2.45) is 0 Å². The second-order valence-electron chi connectivity index (χ2n) is 2.51. The second-order valence-corrected chi connectivity index (χ2v) is 2.51. The van der Waals surface area contributed by atoms with E-state index in [-0.39, 0.29) is 6.54 Å². The molecule has 0 spiro atoms. The van der Waals surface area contributed by atoms with Gasteiger partial charge in [-0.3, -0.25) is 4.90 Å². The molecule has 1 fully saturated rings. The standard InChI is InChI=1S/C7H9NO3/c1-2-5-3-6(9)4-8(5)7(10)11/h1,5-6,9H,3-4H2,(H,10,11). The van der Waals surface area contributed by atoms with E-state index < -0.39 is 18.2 Å². The molecule has 0 bridgehead atoms.